The highest BCUT2D eigenvalue weighted by atomic mass is 35.5. The molecule has 3 aromatic rings. The van der Waals surface area contributed by atoms with Crippen molar-refractivity contribution < 1.29 is 19.4 Å². The number of aryl methyl sites for hydroxylation is 1. The highest BCUT2D eigenvalue weighted by molar-refractivity contribution is 6.30. The number of hydrogen-bond acceptors (Lipinski definition) is 5. The lowest BCUT2D eigenvalue weighted by atomic mass is 10.1. The van der Waals surface area contributed by atoms with E-state index in [1.807, 2.05) is 0 Å². The Morgan fingerprint density at radius 2 is 2.04 bits per heavy atom. The van der Waals surface area contributed by atoms with Gasteiger partial charge in [0.1, 0.15) is 23.9 Å². The van der Waals surface area contributed by atoms with Gasteiger partial charge in [-0.2, -0.15) is 4.98 Å². The number of aliphatic carboxylic acids is 1. The van der Waals surface area contributed by atoms with E-state index in [1.54, 1.807) is 30.5 Å². The van der Waals surface area contributed by atoms with Gasteiger partial charge in [0.15, 0.2) is 0 Å². The van der Waals surface area contributed by atoms with Crippen molar-refractivity contribution in [2.24, 2.45) is 0 Å². The van der Waals surface area contributed by atoms with Gasteiger partial charge in [-0.15, -0.1) is 0 Å². The van der Waals surface area contributed by atoms with Crippen molar-refractivity contribution in [3.05, 3.63) is 53.3 Å². The molecule has 0 saturated heterocycles. The van der Waals surface area contributed by atoms with Crippen LogP contribution in [0.3, 0.4) is 0 Å². The van der Waals surface area contributed by atoms with E-state index in [-0.39, 0.29) is 25.5 Å². The molecule has 0 radical (unpaired) electrons. The Kier molecular flexibility index (Phi) is 4.64. The van der Waals surface area contributed by atoms with E-state index < -0.39 is 5.97 Å². The Bertz CT molecular complexity index is 855. The summed E-state index contributed by atoms with van der Waals surface area (Å²) in [5.41, 5.74) is 1.31. The fraction of sp³-hybridized carbons (Fsp3) is 0.188. The van der Waals surface area contributed by atoms with Crippen LogP contribution in [0.15, 0.2) is 41.1 Å². The minimum absolute atomic E-state index is 0.0774. The van der Waals surface area contributed by atoms with Crippen molar-refractivity contribution in [1.82, 2.24) is 14.5 Å². The number of benzene rings is 1. The smallest absolute Gasteiger partial charge is 0.308 e. The average molecular weight is 348 g/mol. The summed E-state index contributed by atoms with van der Waals surface area (Å²) in [7, 11) is 0. The van der Waals surface area contributed by atoms with Gasteiger partial charge in [-0.1, -0.05) is 23.7 Å². The number of hydrogen-bond donors (Lipinski definition) is 2. The number of halogens is 1. The molecule has 0 spiro atoms. The highest BCUT2D eigenvalue weighted by Crippen LogP contribution is 2.28. The highest BCUT2D eigenvalue weighted by Gasteiger charge is 2.18. The summed E-state index contributed by atoms with van der Waals surface area (Å²) in [5.74, 6) is -0.0929. The van der Waals surface area contributed by atoms with Crippen molar-refractivity contribution >= 4 is 17.6 Å². The summed E-state index contributed by atoms with van der Waals surface area (Å²) >= 11 is 5.91. The molecule has 2 aromatic heterocycles. The number of rotatable bonds is 6. The summed E-state index contributed by atoms with van der Waals surface area (Å²) in [6.07, 6.45) is 3.26. The minimum Gasteiger partial charge on any atom is -0.481 e. The maximum Gasteiger partial charge on any atom is 0.308 e. The molecular formula is C16H14ClN3O4. The van der Waals surface area contributed by atoms with Crippen LogP contribution >= 0.6 is 11.6 Å². The standard InChI is InChI=1S/C16H14ClN3O4/c17-11-3-1-10(2-4-11)15-12(5-6-14(22)23)24-16(19-15)20-8-7-18-13(20)9-21/h1-4,7-8,21H,5-6,9H2,(H,22,23). The van der Waals surface area contributed by atoms with Crippen LogP contribution in [-0.4, -0.2) is 30.7 Å². The lowest BCUT2D eigenvalue weighted by Gasteiger charge is -2.00. The van der Waals surface area contributed by atoms with Crippen molar-refractivity contribution in [3.8, 4) is 17.3 Å². The van der Waals surface area contributed by atoms with Crippen molar-refractivity contribution in [2.45, 2.75) is 19.4 Å². The molecule has 2 N–H and O–H groups in total. The quantitative estimate of drug-likeness (QED) is 0.711. The molecule has 7 nitrogen and oxygen atoms in total. The maximum atomic E-state index is 10.9. The summed E-state index contributed by atoms with van der Waals surface area (Å²) in [5, 5.41) is 18.8. The van der Waals surface area contributed by atoms with Crippen LogP contribution in [0.2, 0.25) is 5.02 Å². The largest absolute Gasteiger partial charge is 0.481 e. The van der Waals surface area contributed by atoms with Crippen molar-refractivity contribution in [1.29, 1.82) is 0 Å². The van der Waals surface area contributed by atoms with Gasteiger partial charge >= 0.3 is 12.0 Å². The van der Waals surface area contributed by atoms with Crippen LogP contribution in [-0.2, 0) is 17.8 Å². The zero-order valence-corrected chi connectivity index (χ0v) is 13.3. The molecule has 1 aromatic carbocycles. The van der Waals surface area contributed by atoms with Gasteiger partial charge in [0, 0.05) is 29.4 Å². The normalized spacial score (nSPS) is 10.9. The molecule has 8 heteroatoms. The molecule has 2 heterocycles. The number of carbonyl (C=O) groups is 1. The molecule has 0 aliphatic rings. The SMILES string of the molecule is O=C(O)CCc1oc(-n2ccnc2CO)nc1-c1ccc(Cl)cc1. The molecule has 0 bridgehead atoms. The van der Waals surface area contributed by atoms with E-state index in [2.05, 4.69) is 9.97 Å². The van der Waals surface area contributed by atoms with E-state index >= 15 is 0 Å². The lowest BCUT2D eigenvalue weighted by molar-refractivity contribution is -0.137. The fourth-order valence-electron chi connectivity index (χ4n) is 2.29. The molecule has 0 atom stereocenters. The number of aliphatic hydroxyl groups is 1. The number of nitrogens with zero attached hydrogens (tertiary/aromatic N) is 3. The van der Waals surface area contributed by atoms with E-state index in [4.69, 9.17) is 21.1 Å². The van der Waals surface area contributed by atoms with Gasteiger partial charge in [-0.05, 0) is 12.1 Å². The predicted octanol–water partition coefficient (Wildman–Crippen LogP) is 2.69. The number of imidazole rings is 1. The second kappa shape index (κ2) is 6.86. The van der Waals surface area contributed by atoms with Gasteiger partial charge in [0.25, 0.3) is 0 Å². The predicted molar refractivity (Wildman–Crippen MR) is 86.0 cm³/mol. The van der Waals surface area contributed by atoms with E-state index in [0.29, 0.717) is 22.3 Å². The van der Waals surface area contributed by atoms with Gasteiger partial charge in [-0.25, -0.2) is 4.98 Å². The monoisotopic (exact) mass is 347 g/mol. The van der Waals surface area contributed by atoms with Crippen LogP contribution in [0, 0.1) is 0 Å². The van der Waals surface area contributed by atoms with Gasteiger partial charge < -0.3 is 14.6 Å². The number of aromatic nitrogens is 3. The molecule has 0 aliphatic heterocycles. The van der Waals surface area contributed by atoms with E-state index in [1.165, 1.54) is 10.8 Å². The number of aliphatic hydroxyl groups excluding tert-OH is 1. The molecule has 0 aliphatic carbocycles. The Morgan fingerprint density at radius 3 is 2.71 bits per heavy atom. The Balaban J connectivity index is 2.05. The molecule has 124 valence electrons. The van der Waals surface area contributed by atoms with Gasteiger partial charge in [0.05, 0.1) is 6.42 Å². The molecular weight excluding hydrogens is 334 g/mol. The third-order valence-corrected chi connectivity index (χ3v) is 3.69. The Morgan fingerprint density at radius 1 is 1.29 bits per heavy atom. The maximum absolute atomic E-state index is 10.9. The lowest BCUT2D eigenvalue weighted by Crippen LogP contribution is -2.00. The first-order chi connectivity index (χ1) is 11.6. The first-order valence-corrected chi connectivity index (χ1v) is 7.57. The minimum atomic E-state index is -0.923. The van der Waals surface area contributed by atoms with Crippen molar-refractivity contribution in [2.75, 3.05) is 0 Å². The average Bonchev–Trinajstić information content (AvgIpc) is 3.19. The second-order valence-electron chi connectivity index (χ2n) is 5.04. The third-order valence-electron chi connectivity index (χ3n) is 3.43. The second-order valence-corrected chi connectivity index (χ2v) is 5.48. The zero-order valence-electron chi connectivity index (χ0n) is 12.5. The van der Waals surface area contributed by atoms with Crippen molar-refractivity contribution in [3.63, 3.8) is 0 Å². The summed E-state index contributed by atoms with van der Waals surface area (Å²) in [4.78, 5) is 19.3. The number of oxazole rings is 1. The molecule has 0 fully saturated rings. The molecule has 0 unspecified atom stereocenters. The summed E-state index contributed by atoms with van der Waals surface area (Å²) < 4.78 is 7.26. The fourth-order valence-corrected chi connectivity index (χ4v) is 2.42. The number of carboxylic acids is 1. The summed E-state index contributed by atoms with van der Waals surface area (Å²) in [6, 6.07) is 7.25. The topological polar surface area (TPSA) is 101 Å². The third kappa shape index (κ3) is 3.32. The van der Waals surface area contributed by atoms with Gasteiger partial charge in [-0.3, -0.25) is 9.36 Å². The molecule has 24 heavy (non-hydrogen) atoms. The Labute approximate surface area is 142 Å². The van der Waals surface area contributed by atoms with Gasteiger partial charge in [0.2, 0.25) is 0 Å². The van der Waals surface area contributed by atoms with Crippen LogP contribution in [0.4, 0.5) is 0 Å². The van der Waals surface area contributed by atoms with Crippen LogP contribution < -0.4 is 0 Å². The first kappa shape index (κ1) is 16.2. The van der Waals surface area contributed by atoms with E-state index in [9.17, 15) is 9.90 Å². The van der Waals surface area contributed by atoms with E-state index in [0.717, 1.165) is 5.56 Å². The zero-order chi connectivity index (χ0) is 17.1. The van der Waals surface area contributed by atoms with Crippen LogP contribution in [0.5, 0.6) is 0 Å². The molecule has 0 amide bonds. The Hall–Kier alpha value is -2.64. The molecule has 3 rings (SSSR count). The van der Waals surface area contributed by atoms with Crippen LogP contribution in [0.1, 0.15) is 18.0 Å². The van der Waals surface area contributed by atoms with Crippen LogP contribution in [0.25, 0.3) is 17.3 Å². The first-order valence-electron chi connectivity index (χ1n) is 7.19. The molecule has 0 saturated carbocycles. The summed E-state index contributed by atoms with van der Waals surface area (Å²) in [6.45, 7) is -0.268. The number of carboxylic acid groups (broad SMARTS) is 1.